The third-order valence-electron chi connectivity index (χ3n) is 2.37. The molecule has 2 unspecified atom stereocenters. The predicted molar refractivity (Wildman–Crippen MR) is 36.8 cm³/mol. The highest BCUT2D eigenvalue weighted by Crippen LogP contribution is 2.41. The minimum atomic E-state index is -2.25. The van der Waals surface area contributed by atoms with Gasteiger partial charge in [-0.15, -0.1) is 0 Å². The summed E-state index contributed by atoms with van der Waals surface area (Å²) in [7, 11) is 0. The minimum Gasteiger partial charge on any atom is -0.433 e. The van der Waals surface area contributed by atoms with E-state index in [1.165, 1.54) is 0 Å². The van der Waals surface area contributed by atoms with Crippen LogP contribution >= 0.6 is 0 Å². The molecule has 0 spiro atoms. The number of aliphatic hydroxyl groups excluding tert-OH is 2. The lowest BCUT2D eigenvalue weighted by Gasteiger charge is -2.21. The van der Waals surface area contributed by atoms with Crippen molar-refractivity contribution in [2.24, 2.45) is 0 Å². The molecular weight excluding hydrogens is 196 g/mol. The minimum absolute atomic E-state index is 0.974. The Morgan fingerprint density at radius 1 is 0.929 bits per heavy atom. The van der Waals surface area contributed by atoms with Crippen molar-refractivity contribution in [3.63, 3.8) is 0 Å². The number of hydrogen-bond acceptors (Lipinski definition) is 7. The number of ketones is 1. The molecule has 2 heterocycles. The van der Waals surface area contributed by atoms with Gasteiger partial charge in [-0.25, -0.2) is 9.59 Å². The van der Waals surface area contributed by atoms with Gasteiger partial charge in [0.1, 0.15) is 13.2 Å². The van der Waals surface area contributed by atoms with Crippen LogP contribution < -0.4 is 0 Å². The van der Waals surface area contributed by atoms with Crippen LogP contribution in [0.5, 0.6) is 0 Å². The van der Waals surface area contributed by atoms with E-state index < -0.39 is 42.1 Å². The van der Waals surface area contributed by atoms with Gasteiger partial charge in [-0.3, -0.25) is 4.79 Å². The molecular formula is C7H6O7. The SMILES string of the molecule is O=C1OC2(CO)C(=O)OC1(CO)C2=O. The summed E-state index contributed by atoms with van der Waals surface area (Å²) in [6, 6.07) is 0. The Labute approximate surface area is 77.2 Å². The summed E-state index contributed by atoms with van der Waals surface area (Å²) < 4.78 is 8.89. The molecule has 2 bridgehead atoms. The number of esters is 2. The zero-order chi connectivity index (χ0) is 10.6. The number of ether oxygens (including phenoxy) is 2. The van der Waals surface area contributed by atoms with Gasteiger partial charge in [-0.1, -0.05) is 0 Å². The molecule has 7 nitrogen and oxygen atoms in total. The first-order valence-corrected chi connectivity index (χ1v) is 3.77. The Hall–Kier alpha value is -1.47. The fraction of sp³-hybridized carbons (Fsp3) is 0.571. The number of rotatable bonds is 2. The molecule has 0 amide bonds. The zero-order valence-electron chi connectivity index (χ0n) is 6.85. The standard InChI is InChI=1S/C7H6O7/c8-1-6-3(10)7(2-9,5(12)13-6)14-4(6)11/h8-9H,1-2H2. The normalized spacial score (nSPS) is 40.0. The molecule has 7 heteroatoms. The number of aliphatic hydroxyl groups is 2. The Balaban J connectivity index is 2.56. The summed E-state index contributed by atoms with van der Waals surface area (Å²) in [5.41, 5.74) is -4.50. The van der Waals surface area contributed by atoms with Gasteiger partial charge in [0.05, 0.1) is 0 Å². The quantitative estimate of drug-likeness (QED) is 0.365. The number of Topliss-reactive ketones (excluding diaryl/α,β-unsaturated/α-hetero) is 1. The van der Waals surface area contributed by atoms with Crippen LogP contribution in [0.1, 0.15) is 0 Å². The van der Waals surface area contributed by atoms with Gasteiger partial charge in [0.25, 0.3) is 11.2 Å². The maximum absolute atomic E-state index is 11.5. The Morgan fingerprint density at radius 2 is 1.29 bits per heavy atom. The molecule has 0 saturated carbocycles. The second-order valence-electron chi connectivity index (χ2n) is 3.08. The van der Waals surface area contributed by atoms with Crippen LogP contribution in [0.4, 0.5) is 0 Å². The Bertz CT molecular complexity index is 316. The first-order chi connectivity index (χ1) is 6.53. The van der Waals surface area contributed by atoms with E-state index in [4.69, 9.17) is 10.2 Å². The monoisotopic (exact) mass is 202 g/mol. The lowest BCUT2D eigenvalue weighted by Crippen LogP contribution is -2.47. The van der Waals surface area contributed by atoms with Gasteiger partial charge in [0.15, 0.2) is 0 Å². The van der Waals surface area contributed by atoms with Crippen LogP contribution in [0.15, 0.2) is 0 Å². The van der Waals surface area contributed by atoms with Gasteiger partial charge >= 0.3 is 11.9 Å². The zero-order valence-corrected chi connectivity index (χ0v) is 6.85. The van der Waals surface area contributed by atoms with E-state index in [9.17, 15) is 14.4 Å². The second-order valence-corrected chi connectivity index (χ2v) is 3.08. The van der Waals surface area contributed by atoms with Crippen molar-refractivity contribution in [3.05, 3.63) is 0 Å². The van der Waals surface area contributed by atoms with Gasteiger partial charge < -0.3 is 19.7 Å². The van der Waals surface area contributed by atoms with Crippen molar-refractivity contribution in [1.29, 1.82) is 0 Å². The molecule has 2 aliphatic heterocycles. The third kappa shape index (κ3) is 0.644. The molecule has 2 saturated heterocycles. The van der Waals surface area contributed by atoms with Crippen molar-refractivity contribution in [1.82, 2.24) is 0 Å². The molecule has 2 atom stereocenters. The van der Waals surface area contributed by atoms with Gasteiger partial charge in [-0.2, -0.15) is 0 Å². The van der Waals surface area contributed by atoms with E-state index in [0.29, 0.717) is 0 Å². The number of carbonyl (C=O) groups excluding carboxylic acids is 3. The van der Waals surface area contributed by atoms with E-state index in [1.807, 2.05) is 0 Å². The van der Waals surface area contributed by atoms with Crippen LogP contribution in [0.2, 0.25) is 0 Å². The van der Waals surface area contributed by atoms with Crippen molar-refractivity contribution in [2.45, 2.75) is 11.2 Å². The molecule has 0 aromatic carbocycles. The molecule has 2 fully saturated rings. The number of carbonyl (C=O) groups is 3. The van der Waals surface area contributed by atoms with Crippen LogP contribution in [0.3, 0.4) is 0 Å². The first kappa shape index (κ1) is 9.10. The second kappa shape index (κ2) is 2.31. The average Bonchev–Trinajstić information content (AvgIpc) is 2.52. The van der Waals surface area contributed by atoms with E-state index >= 15 is 0 Å². The Morgan fingerprint density at radius 3 is 1.50 bits per heavy atom. The smallest absolute Gasteiger partial charge is 0.362 e. The summed E-state index contributed by atoms with van der Waals surface area (Å²) in [6.45, 7) is -1.95. The van der Waals surface area contributed by atoms with Crippen molar-refractivity contribution in [2.75, 3.05) is 13.2 Å². The van der Waals surface area contributed by atoms with E-state index in [-0.39, 0.29) is 0 Å². The van der Waals surface area contributed by atoms with Gasteiger partial charge in [0, 0.05) is 0 Å². The summed E-state index contributed by atoms with van der Waals surface area (Å²) in [4.78, 5) is 33.7. The topological polar surface area (TPSA) is 110 Å². The summed E-state index contributed by atoms with van der Waals surface area (Å²) in [6.07, 6.45) is 0. The van der Waals surface area contributed by atoms with Crippen molar-refractivity contribution >= 4 is 17.7 Å². The molecule has 0 aromatic heterocycles. The van der Waals surface area contributed by atoms with E-state index in [0.717, 1.165) is 0 Å². The van der Waals surface area contributed by atoms with Crippen LogP contribution in [-0.2, 0) is 23.9 Å². The van der Waals surface area contributed by atoms with Crippen LogP contribution in [0.25, 0.3) is 0 Å². The predicted octanol–water partition coefficient (Wildman–Crippen LogP) is -2.87. The van der Waals surface area contributed by atoms with Gasteiger partial charge in [-0.05, 0) is 0 Å². The lowest BCUT2D eigenvalue weighted by molar-refractivity contribution is -0.200. The highest BCUT2D eigenvalue weighted by Gasteiger charge is 2.78. The first-order valence-electron chi connectivity index (χ1n) is 3.77. The largest absolute Gasteiger partial charge is 0.433 e. The van der Waals surface area contributed by atoms with Gasteiger partial charge in [0.2, 0.25) is 5.78 Å². The molecule has 0 aliphatic carbocycles. The fourth-order valence-corrected chi connectivity index (χ4v) is 1.51. The molecule has 2 aliphatic rings. The lowest BCUT2D eigenvalue weighted by atomic mass is 9.94. The average molecular weight is 202 g/mol. The molecule has 76 valence electrons. The maximum Gasteiger partial charge on any atom is 0.362 e. The fourth-order valence-electron chi connectivity index (χ4n) is 1.51. The number of fused-ring (bicyclic) bond motifs is 2. The molecule has 2 N–H and O–H groups in total. The molecule has 14 heavy (non-hydrogen) atoms. The molecule has 0 radical (unpaired) electrons. The molecule has 2 rings (SSSR count). The summed E-state index contributed by atoms with van der Waals surface area (Å²) >= 11 is 0. The van der Waals surface area contributed by atoms with E-state index in [2.05, 4.69) is 9.47 Å². The highest BCUT2D eigenvalue weighted by atomic mass is 16.7. The number of hydrogen-bond donors (Lipinski definition) is 2. The Kier molecular flexibility index (Phi) is 1.50. The van der Waals surface area contributed by atoms with Crippen molar-refractivity contribution in [3.8, 4) is 0 Å². The third-order valence-corrected chi connectivity index (χ3v) is 2.37. The highest BCUT2D eigenvalue weighted by molar-refractivity contribution is 6.29. The maximum atomic E-state index is 11.5. The van der Waals surface area contributed by atoms with Crippen LogP contribution in [0, 0.1) is 0 Å². The van der Waals surface area contributed by atoms with Crippen LogP contribution in [-0.4, -0.2) is 52.4 Å². The molecule has 0 aromatic rings. The summed E-state index contributed by atoms with van der Waals surface area (Å²) in [5.74, 6) is -3.32. The summed E-state index contributed by atoms with van der Waals surface area (Å²) in [5, 5.41) is 17.7. The van der Waals surface area contributed by atoms with Crippen molar-refractivity contribution < 1.29 is 34.1 Å². The van der Waals surface area contributed by atoms with E-state index in [1.54, 1.807) is 0 Å².